The minimum atomic E-state index is -0.0975. The van der Waals surface area contributed by atoms with E-state index >= 15 is 0 Å². The van der Waals surface area contributed by atoms with Crippen LogP contribution >= 0.6 is 0 Å². The summed E-state index contributed by atoms with van der Waals surface area (Å²) in [5.41, 5.74) is 1.78. The fourth-order valence-electron chi connectivity index (χ4n) is 4.14. The molecule has 2 aliphatic heterocycles. The number of amides is 3. The molecule has 2 aromatic carbocycles. The van der Waals surface area contributed by atoms with E-state index < -0.39 is 0 Å². The smallest absolute Gasteiger partial charge is 0.319 e. The van der Waals surface area contributed by atoms with E-state index in [0.29, 0.717) is 37.4 Å². The van der Waals surface area contributed by atoms with Crippen LogP contribution in [0.1, 0.15) is 31.2 Å². The lowest BCUT2D eigenvalue weighted by molar-refractivity contribution is -0.121. The second-order valence-corrected chi connectivity index (χ2v) is 8.14. The Labute approximate surface area is 177 Å². The fourth-order valence-corrected chi connectivity index (χ4v) is 4.14. The Hall–Kier alpha value is -3.02. The Morgan fingerprint density at radius 1 is 0.933 bits per heavy atom. The van der Waals surface area contributed by atoms with Gasteiger partial charge < -0.3 is 19.9 Å². The van der Waals surface area contributed by atoms with Crippen molar-refractivity contribution in [2.24, 2.45) is 5.92 Å². The first-order valence-electron chi connectivity index (χ1n) is 10.8. The summed E-state index contributed by atoms with van der Waals surface area (Å²) in [6.45, 7) is 5.00. The van der Waals surface area contributed by atoms with Crippen LogP contribution in [0.4, 0.5) is 10.5 Å². The molecule has 6 nitrogen and oxygen atoms in total. The van der Waals surface area contributed by atoms with Crippen molar-refractivity contribution < 1.29 is 14.3 Å². The zero-order valence-corrected chi connectivity index (χ0v) is 17.5. The van der Waals surface area contributed by atoms with Crippen molar-refractivity contribution in [3.05, 3.63) is 54.1 Å². The van der Waals surface area contributed by atoms with Gasteiger partial charge in [0.15, 0.2) is 5.75 Å². The zero-order valence-electron chi connectivity index (χ0n) is 17.5. The molecule has 0 saturated carbocycles. The van der Waals surface area contributed by atoms with Crippen LogP contribution in [0.3, 0.4) is 0 Å². The van der Waals surface area contributed by atoms with Crippen LogP contribution < -0.4 is 10.1 Å². The van der Waals surface area contributed by atoms with Gasteiger partial charge in [0, 0.05) is 32.1 Å². The molecule has 30 heavy (non-hydrogen) atoms. The standard InChI is InChI=1S/C24H29N3O3/c1-18-7-6-8-20(17-18)30-22-10-3-2-9-21(22)25-23(28)19-11-15-27(16-12-19)24(29)26-13-4-5-14-26/h2-3,6-10,17,19H,4-5,11-16H2,1H3,(H,25,28). The molecular formula is C24H29N3O3. The van der Waals surface area contributed by atoms with Crippen LogP contribution in [0.2, 0.25) is 0 Å². The first-order valence-corrected chi connectivity index (χ1v) is 10.8. The average Bonchev–Trinajstić information content (AvgIpc) is 3.30. The molecule has 0 aliphatic carbocycles. The maximum absolute atomic E-state index is 12.9. The van der Waals surface area contributed by atoms with Crippen molar-refractivity contribution in [1.82, 2.24) is 9.80 Å². The van der Waals surface area contributed by atoms with Gasteiger partial charge in [-0.3, -0.25) is 4.79 Å². The number of aryl methyl sites for hydroxylation is 1. The van der Waals surface area contributed by atoms with Gasteiger partial charge in [0.05, 0.1) is 5.69 Å². The summed E-state index contributed by atoms with van der Waals surface area (Å²) in [4.78, 5) is 29.2. The van der Waals surface area contributed by atoms with Crippen LogP contribution in [-0.2, 0) is 4.79 Å². The second-order valence-electron chi connectivity index (χ2n) is 8.14. The predicted octanol–water partition coefficient (Wildman–Crippen LogP) is 4.65. The number of carbonyl (C=O) groups is 2. The van der Waals surface area contributed by atoms with Gasteiger partial charge in [0.25, 0.3) is 0 Å². The number of rotatable bonds is 4. The van der Waals surface area contributed by atoms with Gasteiger partial charge in [-0.15, -0.1) is 0 Å². The van der Waals surface area contributed by atoms with Crippen molar-refractivity contribution >= 4 is 17.6 Å². The third kappa shape index (κ3) is 4.75. The molecule has 2 fully saturated rings. The largest absolute Gasteiger partial charge is 0.455 e. The number of piperidine rings is 1. The third-order valence-corrected chi connectivity index (χ3v) is 5.88. The quantitative estimate of drug-likeness (QED) is 0.802. The van der Waals surface area contributed by atoms with Crippen LogP contribution in [0, 0.1) is 12.8 Å². The lowest BCUT2D eigenvalue weighted by atomic mass is 9.96. The number of nitrogens with one attached hydrogen (secondary N) is 1. The summed E-state index contributed by atoms with van der Waals surface area (Å²) in [6.07, 6.45) is 3.56. The van der Waals surface area contributed by atoms with Crippen molar-refractivity contribution in [3.63, 3.8) is 0 Å². The van der Waals surface area contributed by atoms with Gasteiger partial charge in [0.1, 0.15) is 5.75 Å². The molecule has 6 heteroatoms. The maximum Gasteiger partial charge on any atom is 0.319 e. The molecule has 0 spiro atoms. The number of para-hydroxylation sites is 2. The van der Waals surface area contributed by atoms with Gasteiger partial charge in [-0.25, -0.2) is 4.79 Å². The van der Waals surface area contributed by atoms with Gasteiger partial charge >= 0.3 is 6.03 Å². The first-order chi connectivity index (χ1) is 14.6. The number of nitrogens with zero attached hydrogens (tertiary/aromatic N) is 2. The molecule has 4 rings (SSSR count). The summed E-state index contributed by atoms with van der Waals surface area (Å²) >= 11 is 0. The van der Waals surface area contributed by atoms with Gasteiger partial charge in [-0.2, -0.15) is 0 Å². The van der Waals surface area contributed by atoms with Crippen molar-refractivity contribution in [2.75, 3.05) is 31.5 Å². The third-order valence-electron chi connectivity index (χ3n) is 5.88. The molecule has 2 aliphatic rings. The highest BCUT2D eigenvalue weighted by molar-refractivity contribution is 5.94. The SMILES string of the molecule is Cc1cccc(Oc2ccccc2NC(=O)C2CCN(C(=O)N3CCCC3)CC2)c1. The number of hydrogen-bond acceptors (Lipinski definition) is 3. The second kappa shape index (κ2) is 9.20. The van der Waals surface area contributed by atoms with E-state index in [4.69, 9.17) is 4.74 Å². The number of hydrogen-bond donors (Lipinski definition) is 1. The molecule has 1 N–H and O–H groups in total. The number of anilines is 1. The Kier molecular flexibility index (Phi) is 6.21. The molecule has 0 radical (unpaired) electrons. The molecule has 0 aromatic heterocycles. The lowest BCUT2D eigenvalue weighted by Crippen LogP contribution is -2.47. The first kappa shape index (κ1) is 20.3. The molecule has 158 valence electrons. The van der Waals surface area contributed by atoms with E-state index in [9.17, 15) is 9.59 Å². The predicted molar refractivity (Wildman–Crippen MR) is 117 cm³/mol. The Bertz CT molecular complexity index is 900. The van der Waals surface area contributed by atoms with E-state index in [2.05, 4.69) is 5.32 Å². The molecule has 0 bridgehead atoms. The molecular weight excluding hydrogens is 378 g/mol. The maximum atomic E-state index is 12.9. The number of ether oxygens (including phenoxy) is 1. The number of benzene rings is 2. The van der Waals surface area contributed by atoms with Crippen LogP contribution in [0.5, 0.6) is 11.5 Å². The minimum Gasteiger partial charge on any atom is -0.455 e. The summed E-state index contributed by atoms with van der Waals surface area (Å²) in [6, 6.07) is 15.4. The minimum absolute atomic E-state index is 0.0106. The monoisotopic (exact) mass is 407 g/mol. The molecule has 3 amide bonds. The molecule has 0 unspecified atom stereocenters. The summed E-state index contributed by atoms with van der Waals surface area (Å²) in [5, 5.41) is 3.04. The Morgan fingerprint density at radius 3 is 2.37 bits per heavy atom. The van der Waals surface area contributed by atoms with Gasteiger partial charge in [0.2, 0.25) is 5.91 Å². The van der Waals surface area contributed by atoms with Crippen molar-refractivity contribution in [3.8, 4) is 11.5 Å². The average molecular weight is 408 g/mol. The van der Waals surface area contributed by atoms with E-state index in [1.165, 1.54) is 0 Å². The lowest BCUT2D eigenvalue weighted by Gasteiger charge is -2.34. The summed E-state index contributed by atoms with van der Waals surface area (Å²) in [5.74, 6) is 1.26. The highest BCUT2D eigenvalue weighted by Gasteiger charge is 2.30. The van der Waals surface area contributed by atoms with Gasteiger partial charge in [-0.1, -0.05) is 24.3 Å². The van der Waals surface area contributed by atoms with Crippen molar-refractivity contribution in [2.45, 2.75) is 32.6 Å². The van der Waals surface area contributed by atoms with Crippen molar-refractivity contribution in [1.29, 1.82) is 0 Å². The highest BCUT2D eigenvalue weighted by Crippen LogP contribution is 2.31. The van der Waals surface area contributed by atoms with E-state index in [0.717, 1.165) is 37.2 Å². The van der Waals surface area contributed by atoms with E-state index in [-0.39, 0.29) is 17.9 Å². The van der Waals surface area contributed by atoms with Crippen LogP contribution in [0.25, 0.3) is 0 Å². The topological polar surface area (TPSA) is 61.9 Å². The molecule has 2 heterocycles. The number of carbonyl (C=O) groups excluding carboxylic acids is 2. The zero-order chi connectivity index (χ0) is 20.9. The number of urea groups is 1. The number of likely N-dealkylation sites (tertiary alicyclic amines) is 2. The Balaban J connectivity index is 1.35. The van der Waals surface area contributed by atoms with Crippen LogP contribution in [-0.4, -0.2) is 47.9 Å². The summed E-state index contributed by atoms with van der Waals surface area (Å²) in [7, 11) is 0. The normalized spacial score (nSPS) is 17.1. The van der Waals surface area contributed by atoms with Crippen LogP contribution in [0.15, 0.2) is 48.5 Å². The van der Waals surface area contributed by atoms with E-state index in [1.54, 1.807) is 0 Å². The molecule has 2 aromatic rings. The highest BCUT2D eigenvalue weighted by atomic mass is 16.5. The summed E-state index contributed by atoms with van der Waals surface area (Å²) < 4.78 is 6.01. The van der Waals surface area contributed by atoms with E-state index in [1.807, 2.05) is 65.3 Å². The van der Waals surface area contributed by atoms with Gasteiger partial charge in [-0.05, 0) is 62.4 Å². The Morgan fingerprint density at radius 2 is 1.63 bits per heavy atom. The fraction of sp³-hybridized carbons (Fsp3) is 0.417. The molecule has 0 atom stereocenters. The molecule has 2 saturated heterocycles.